The van der Waals surface area contributed by atoms with E-state index in [0.29, 0.717) is 35.2 Å². The average molecular weight is 657 g/mol. The van der Waals surface area contributed by atoms with Crippen molar-refractivity contribution >= 4 is 27.5 Å². The van der Waals surface area contributed by atoms with Crippen molar-refractivity contribution < 1.29 is 13.5 Å². The van der Waals surface area contributed by atoms with Gasteiger partial charge in [-0.3, -0.25) is 4.90 Å². The molecule has 1 unspecified atom stereocenters. The summed E-state index contributed by atoms with van der Waals surface area (Å²) in [6.45, 7) is 17.1. The molecule has 1 atom stereocenters. The molecule has 4 aromatic rings. The summed E-state index contributed by atoms with van der Waals surface area (Å²) in [6, 6.07) is 8.82. The predicted molar refractivity (Wildman–Crippen MR) is 193 cm³/mol. The number of halogens is 2. The molecule has 256 valence electrons. The second kappa shape index (κ2) is 15.6. The number of aryl methyl sites for hydroxylation is 1. The van der Waals surface area contributed by atoms with Crippen molar-refractivity contribution in [3.63, 3.8) is 0 Å². The highest BCUT2D eigenvalue weighted by Crippen LogP contribution is 2.42. The van der Waals surface area contributed by atoms with Crippen molar-refractivity contribution in [2.75, 3.05) is 44.2 Å². The van der Waals surface area contributed by atoms with E-state index in [1.165, 1.54) is 6.07 Å². The summed E-state index contributed by atoms with van der Waals surface area (Å²) < 4.78 is 38.1. The lowest BCUT2D eigenvalue weighted by Crippen LogP contribution is -2.51. The molecule has 0 saturated carbocycles. The lowest BCUT2D eigenvalue weighted by molar-refractivity contribution is 0.108. The lowest BCUT2D eigenvalue weighted by Gasteiger charge is -2.36. The van der Waals surface area contributed by atoms with Gasteiger partial charge in [-0.1, -0.05) is 71.7 Å². The zero-order chi connectivity index (χ0) is 34.4. The van der Waals surface area contributed by atoms with Gasteiger partial charge in [0.15, 0.2) is 5.82 Å². The van der Waals surface area contributed by atoms with Crippen LogP contribution in [0.2, 0.25) is 0 Å². The normalized spacial score (nSPS) is 19.0. The molecule has 2 aromatic carbocycles. The molecule has 9 heteroatoms. The summed E-state index contributed by atoms with van der Waals surface area (Å²) in [5.41, 5.74) is 1.61. The number of ether oxygens (including phenoxy) is 1. The van der Waals surface area contributed by atoms with Gasteiger partial charge in [0.1, 0.15) is 29.5 Å². The zero-order valence-electron chi connectivity index (χ0n) is 29.4. The first-order valence-electron chi connectivity index (χ1n) is 18.0. The Morgan fingerprint density at radius 1 is 0.958 bits per heavy atom. The molecule has 0 radical (unpaired) electrons. The van der Waals surface area contributed by atoms with Crippen LogP contribution in [0.25, 0.3) is 32.9 Å². The molecule has 0 aliphatic carbocycles. The van der Waals surface area contributed by atoms with Crippen LogP contribution in [-0.2, 0) is 6.42 Å². The van der Waals surface area contributed by atoms with Crippen LogP contribution in [0.5, 0.6) is 6.01 Å². The van der Waals surface area contributed by atoms with Gasteiger partial charge in [0.2, 0.25) is 0 Å². The molecule has 4 aliphatic rings. The number of pyridine rings is 1. The standard InChI is InChI=1S/C33H32F2N6O.3C2H6/c1-2-22-24(34)10-8-20-6-3-7-23(26(20)22)29-28(35)30-27-25(37-29)11-9-21-18-36-14-17-41(21)31(27)39-32(38-30)42-19-33-12-4-15-40(33)16-5-13-33;3*1-2/h1,3,6-8,10,21,36H,4-5,9,11-19H2;3*1-2H3. The molecule has 48 heavy (non-hydrogen) atoms. The smallest absolute Gasteiger partial charge is 0.319 e. The molecule has 8 rings (SSSR count). The average Bonchev–Trinajstić information content (AvgIpc) is 3.69. The Morgan fingerprint density at radius 3 is 2.44 bits per heavy atom. The molecule has 7 nitrogen and oxygen atoms in total. The van der Waals surface area contributed by atoms with E-state index in [0.717, 1.165) is 75.9 Å². The number of nitrogens with zero attached hydrogens (tertiary/aromatic N) is 5. The minimum Gasteiger partial charge on any atom is -0.461 e. The fourth-order valence-electron chi connectivity index (χ4n) is 7.79. The fraction of sp³-hybridized carbons (Fsp3) is 0.513. The Morgan fingerprint density at radius 2 is 1.71 bits per heavy atom. The fourth-order valence-corrected chi connectivity index (χ4v) is 7.79. The third-order valence-corrected chi connectivity index (χ3v) is 9.83. The largest absolute Gasteiger partial charge is 0.461 e. The van der Waals surface area contributed by atoms with Gasteiger partial charge in [-0.25, -0.2) is 13.8 Å². The summed E-state index contributed by atoms with van der Waals surface area (Å²) in [6.07, 6.45) is 11.7. The van der Waals surface area contributed by atoms with Gasteiger partial charge in [0, 0.05) is 36.6 Å². The number of hydrogen-bond acceptors (Lipinski definition) is 7. The summed E-state index contributed by atoms with van der Waals surface area (Å²) in [7, 11) is 0. The van der Waals surface area contributed by atoms with E-state index in [4.69, 9.17) is 26.1 Å². The maximum atomic E-state index is 16.8. The maximum absolute atomic E-state index is 16.8. The first kappa shape index (κ1) is 35.4. The number of benzene rings is 2. The minimum absolute atomic E-state index is 0.00970. The topological polar surface area (TPSA) is 66.4 Å². The number of anilines is 1. The number of fused-ring (bicyclic) bond motifs is 4. The molecule has 0 spiro atoms. The van der Waals surface area contributed by atoms with E-state index in [-0.39, 0.29) is 34.4 Å². The summed E-state index contributed by atoms with van der Waals surface area (Å²) >= 11 is 0. The second-order valence-corrected chi connectivity index (χ2v) is 12.0. The molecular formula is C39H50F2N6O. The lowest BCUT2D eigenvalue weighted by atomic mass is 9.95. The van der Waals surface area contributed by atoms with Crippen molar-refractivity contribution in [2.45, 2.75) is 91.6 Å². The monoisotopic (exact) mass is 656 g/mol. The number of aromatic nitrogens is 3. The molecule has 3 saturated heterocycles. The highest BCUT2D eigenvalue weighted by atomic mass is 19.1. The van der Waals surface area contributed by atoms with Crippen LogP contribution in [0.3, 0.4) is 0 Å². The van der Waals surface area contributed by atoms with Crippen LogP contribution < -0.4 is 15.0 Å². The van der Waals surface area contributed by atoms with Crippen molar-refractivity contribution in [3.05, 3.63) is 53.2 Å². The first-order chi connectivity index (χ1) is 23.6. The van der Waals surface area contributed by atoms with Crippen molar-refractivity contribution in [1.29, 1.82) is 0 Å². The number of hydrogen-bond donors (Lipinski definition) is 1. The highest BCUT2D eigenvalue weighted by Gasteiger charge is 2.45. The van der Waals surface area contributed by atoms with Crippen molar-refractivity contribution in [1.82, 2.24) is 25.2 Å². The van der Waals surface area contributed by atoms with Gasteiger partial charge < -0.3 is 15.0 Å². The van der Waals surface area contributed by atoms with E-state index in [2.05, 4.69) is 21.0 Å². The van der Waals surface area contributed by atoms with Gasteiger partial charge >= 0.3 is 6.01 Å². The molecule has 0 bridgehead atoms. The zero-order valence-corrected chi connectivity index (χ0v) is 29.4. The number of piperazine rings is 1. The quantitative estimate of drug-likeness (QED) is 0.224. The number of rotatable bonds is 4. The van der Waals surface area contributed by atoms with E-state index in [1.807, 2.05) is 53.7 Å². The van der Waals surface area contributed by atoms with E-state index >= 15 is 4.39 Å². The van der Waals surface area contributed by atoms with Crippen molar-refractivity contribution in [3.8, 4) is 29.6 Å². The Labute approximate surface area is 284 Å². The molecular weight excluding hydrogens is 606 g/mol. The molecule has 0 amide bonds. The maximum Gasteiger partial charge on any atom is 0.319 e. The van der Waals surface area contributed by atoms with E-state index in [9.17, 15) is 4.39 Å². The van der Waals surface area contributed by atoms with Gasteiger partial charge in [-0.05, 0) is 63.1 Å². The van der Waals surface area contributed by atoms with Gasteiger partial charge in [-0.15, -0.1) is 6.42 Å². The Bertz CT molecular complexity index is 1780. The van der Waals surface area contributed by atoms with Crippen LogP contribution in [0, 0.1) is 24.0 Å². The van der Waals surface area contributed by atoms with Crippen LogP contribution in [-0.4, -0.2) is 70.8 Å². The molecule has 1 N–H and O–H groups in total. The van der Waals surface area contributed by atoms with Crippen LogP contribution in [0.15, 0.2) is 30.3 Å². The Kier molecular flexibility index (Phi) is 11.5. The molecule has 3 fully saturated rings. The Hall–Kier alpha value is -3.87. The van der Waals surface area contributed by atoms with E-state index in [1.54, 1.807) is 12.1 Å². The third kappa shape index (κ3) is 6.21. The number of nitrogens with one attached hydrogen (secondary N) is 1. The summed E-state index contributed by atoms with van der Waals surface area (Å²) in [5, 5.41) is 5.32. The summed E-state index contributed by atoms with van der Waals surface area (Å²) in [5.74, 6) is 2.08. The molecule has 6 heterocycles. The molecule has 2 aromatic heterocycles. The van der Waals surface area contributed by atoms with Crippen LogP contribution in [0.4, 0.5) is 14.6 Å². The van der Waals surface area contributed by atoms with E-state index < -0.39 is 11.6 Å². The first-order valence-corrected chi connectivity index (χ1v) is 18.0. The number of terminal acetylenes is 1. The summed E-state index contributed by atoms with van der Waals surface area (Å²) in [4.78, 5) is 19.4. The minimum atomic E-state index is -0.572. The Balaban J connectivity index is 0.000000713. The SMILES string of the molecule is C#Cc1c(F)ccc2cccc(-c3nc4c5c(nc(OCC67CCCN6CCC7)nc5c3F)N3CCNCC3CC4)c12.CC.CC.CC. The van der Waals surface area contributed by atoms with Crippen molar-refractivity contribution in [2.24, 2.45) is 0 Å². The molecule has 4 aliphatic heterocycles. The van der Waals surface area contributed by atoms with Gasteiger partial charge in [-0.2, -0.15) is 9.97 Å². The highest BCUT2D eigenvalue weighted by molar-refractivity contribution is 6.02. The van der Waals surface area contributed by atoms with Crippen LogP contribution in [0.1, 0.15) is 84.9 Å². The van der Waals surface area contributed by atoms with Gasteiger partial charge in [0.05, 0.1) is 22.2 Å². The third-order valence-electron chi connectivity index (χ3n) is 9.83. The van der Waals surface area contributed by atoms with Gasteiger partial charge in [0.25, 0.3) is 0 Å². The second-order valence-electron chi connectivity index (χ2n) is 12.0. The predicted octanol–water partition coefficient (Wildman–Crippen LogP) is 7.91. The van der Waals surface area contributed by atoms with Crippen LogP contribution >= 0.6 is 0 Å².